The minimum absolute atomic E-state index is 0. The maximum absolute atomic E-state index is 13.0. The molecule has 3 unspecified atom stereocenters. The molecule has 1 aromatic carbocycles. The van der Waals surface area contributed by atoms with Crippen molar-refractivity contribution in [1.29, 1.82) is 0 Å². The van der Waals surface area contributed by atoms with Crippen LogP contribution >= 0.6 is 7.60 Å². The minimum atomic E-state index is -4.58. The molecule has 0 bridgehead atoms. The Morgan fingerprint density at radius 3 is 2.09 bits per heavy atom. The summed E-state index contributed by atoms with van der Waals surface area (Å²) in [5.74, 6) is -3.23. The van der Waals surface area contributed by atoms with Crippen molar-refractivity contribution in [3.63, 3.8) is 0 Å². The van der Waals surface area contributed by atoms with Crippen molar-refractivity contribution in [1.82, 2.24) is 5.32 Å². The first-order valence-corrected chi connectivity index (χ1v) is 11.7. The molecule has 0 aliphatic carbocycles. The average molecular weight is 478 g/mol. The Morgan fingerprint density at radius 2 is 1.69 bits per heavy atom. The molecule has 1 rings (SSSR count). The Kier molecular flexibility index (Phi) is 10.9. The quantitative estimate of drug-likeness (QED) is 0.230. The van der Waals surface area contributed by atoms with Crippen molar-refractivity contribution in [2.24, 2.45) is 11.7 Å². The lowest BCUT2D eigenvalue weighted by Crippen LogP contribution is -2.40. The van der Waals surface area contributed by atoms with Crippen molar-refractivity contribution < 1.29 is 44.3 Å². The summed E-state index contributed by atoms with van der Waals surface area (Å²) in [7, 11) is -0.376. The predicted molar refractivity (Wildman–Crippen MR) is 120 cm³/mol. The van der Waals surface area contributed by atoms with Gasteiger partial charge in [0.15, 0.2) is 17.6 Å². The number of nitrogens with one attached hydrogen (secondary N) is 1. The Hall–Kier alpha value is -2.33. The summed E-state index contributed by atoms with van der Waals surface area (Å²) in [5, 5.41) is 11.8. The first-order valence-electron chi connectivity index (χ1n) is 10.1. The molecule has 0 aromatic heterocycles. The van der Waals surface area contributed by atoms with Gasteiger partial charge < -0.3 is 35.3 Å². The number of amides is 1. The number of rotatable bonds is 14. The predicted octanol–water partition coefficient (Wildman–Crippen LogP) is 2.45. The number of carbonyl (C=O) groups is 2. The van der Waals surface area contributed by atoms with Gasteiger partial charge in [0.1, 0.15) is 5.78 Å². The van der Waals surface area contributed by atoms with E-state index in [0.717, 1.165) is 0 Å². The molecular weight excluding hydrogens is 443 g/mol. The Morgan fingerprint density at radius 1 is 1.12 bits per heavy atom. The van der Waals surface area contributed by atoms with Crippen LogP contribution in [0.15, 0.2) is 12.1 Å². The van der Waals surface area contributed by atoms with Crippen LogP contribution in [-0.4, -0.2) is 61.6 Å². The molecule has 0 aliphatic rings. The van der Waals surface area contributed by atoms with Gasteiger partial charge in [0.05, 0.1) is 21.3 Å². The zero-order valence-electron chi connectivity index (χ0n) is 19.0. The SMILES string of the molecule is COc1cc(C(=O)NC(C(C)C)P(=O)(O)OC(CCCCN)C(=O)O)cc(OC)c1OC.[HH]. The number of ether oxygens (including phenoxy) is 3. The molecule has 184 valence electrons. The van der Waals surface area contributed by atoms with E-state index in [-0.39, 0.29) is 30.7 Å². The zero-order chi connectivity index (χ0) is 24.5. The fourth-order valence-corrected chi connectivity index (χ4v) is 4.72. The molecule has 0 heterocycles. The number of hydrogen-bond acceptors (Lipinski definition) is 8. The fraction of sp³-hybridized carbons (Fsp3) is 0.600. The topological polar surface area (TPSA) is 167 Å². The van der Waals surface area contributed by atoms with E-state index in [1.165, 1.54) is 33.5 Å². The highest BCUT2D eigenvalue weighted by atomic mass is 31.2. The second-order valence-corrected chi connectivity index (χ2v) is 9.25. The van der Waals surface area contributed by atoms with E-state index in [0.29, 0.717) is 19.4 Å². The van der Waals surface area contributed by atoms with Gasteiger partial charge in [-0.2, -0.15) is 0 Å². The fourth-order valence-electron chi connectivity index (χ4n) is 3.00. The van der Waals surface area contributed by atoms with E-state index in [2.05, 4.69) is 5.32 Å². The lowest BCUT2D eigenvalue weighted by molar-refractivity contribution is -0.145. The number of carbonyl (C=O) groups excluding carboxylic acids is 1. The second-order valence-electron chi connectivity index (χ2n) is 7.36. The van der Waals surface area contributed by atoms with Crippen molar-refractivity contribution >= 4 is 19.5 Å². The van der Waals surface area contributed by atoms with Crippen LogP contribution in [-0.2, 0) is 13.9 Å². The van der Waals surface area contributed by atoms with Gasteiger partial charge in [-0.05, 0) is 43.9 Å². The summed E-state index contributed by atoms with van der Waals surface area (Å²) in [6.07, 6.45) is -0.522. The van der Waals surface area contributed by atoms with Gasteiger partial charge in [-0.1, -0.05) is 13.8 Å². The van der Waals surface area contributed by atoms with Crippen molar-refractivity contribution in [3.8, 4) is 17.2 Å². The molecule has 1 aromatic rings. The Labute approximate surface area is 189 Å². The molecule has 0 saturated heterocycles. The number of benzene rings is 1. The van der Waals surface area contributed by atoms with Crippen LogP contribution in [0.2, 0.25) is 0 Å². The number of methoxy groups -OCH3 is 3. The summed E-state index contributed by atoms with van der Waals surface area (Å²) in [6.45, 7) is 3.58. The number of nitrogens with two attached hydrogens (primary N) is 1. The van der Waals surface area contributed by atoms with E-state index in [1.54, 1.807) is 13.8 Å². The van der Waals surface area contributed by atoms with Crippen LogP contribution in [0.3, 0.4) is 0 Å². The molecule has 12 heteroatoms. The molecule has 3 atom stereocenters. The summed E-state index contributed by atoms with van der Waals surface area (Å²) < 4.78 is 33.8. The van der Waals surface area contributed by atoms with E-state index in [9.17, 15) is 24.2 Å². The molecule has 5 N–H and O–H groups in total. The highest BCUT2D eigenvalue weighted by Gasteiger charge is 2.40. The summed E-state index contributed by atoms with van der Waals surface area (Å²) >= 11 is 0. The normalized spacial score (nSPS) is 14.9. The van der Waals surface area contributed by atoms with Gasteiger partial charge in [-0.15, -0.1) is 0 Å². The van der Waals surface area contributed by atoms with Gasteiger partial charge in [0.2, 0.25) is 5.75 Å². The van der Waals surface area contributed by atoms with Crippen LogP contribution in [0, 0.1) is 5.92 Å². The third kappa shape index (κ3) is 7.37. The largest absolute Gasteiger partial charge is 0.493 e. The number of carboxylic acids is 1. The highest BCUT2D eigenvalue weighted by Crippen LogP contribution is 2.51. The zero-order valence-corrected chi connectivity index (χ0v) is 19.9. The van der Waals surface area contributed by atoms with Crippen LogP contribution in [0.25, 0.3) is 0 Å². The van der Waals surface area contributed by atoms with Gasteiger partial charge in [0, 0.05) is 6.99 Å². The monoisotopic (exact) mass is 478 g/mol. The number of aliphatic carboxylic acids is 1. The molecule has 32 heavy (non-hydrogen) atoms. The Bertz CT molecular complexity index is 813. The number of hydrogen-bond donors (Lipinski definition) is 4. The maximum Gasteiger partial charge on any atom is 0.351 e. The van der Waals surface area contributed by atoms with Crippen molar-refractivity contribution in [2.75, 3.05) is 27.9 Å². The molecule has 1 amide bonds. The average Bonchev–Trinajstić information content (AvgIpc) is 2.74. The molecule has 0 saturated carbocycles. The standard InChI is InChI=1S/C20H33N2O9P.H2/c1-12(2)19(32(26,27)31-14(20(24)25)8-6-7-9-21)22-18(23)13-10-15(28-3)17(30-5)16(11-13)29-4;/h10-12,14,19H,6-9,21H2,1-5H3,(H,22,23)(H,24,25)(H,26,27);1H. The molecule has 0 spiro atoms. The molecule has 0 fully saturated rings. The van der Waals surface area contributed by atoms with Crippen LogP contribution < -0.4 is 25.3 Å². The lowest BCUT2D eigenvalue weighted by Gasteiger charge is -2.28. The van der Waals surface area contributed by atoms with Crippen LogP contribution in [0.1, 0.15) is 44.9 Å². The summed E-state index contributed by atoms with van der Waals surface area (Å²) in [4.78, 5) is 34.9. The van der Waals surface area contributed by atoms with E-state index < -0.39 is 37.3 Å². The van der Waals surface area contributed by atoms with Gasteiger partial charge in [-0.25, -0.2) is 4.79 Å². The van der Waals surface area contributed by atoms with Crippen molar-refractivity contribution in [2.45, 2.75) is 45.0 Å². The van der Waals surface area contributed by atoms with E-state index in [1.807, 2.05) is 0 Å². The smallest absolute Gasteiger partial charge is 0.351 e. The highest BCUT2D eigenvalue weighted by molar-refractivity contribution is 7.53. The van der Waals surface area contributed by atoms with Gasteiger partial charge in [0.25, 0.3) is 5.91 Å². The number of unbranched alkanes of at least 4 members (excludes halogenated alkanes) is 1. The van der Waals surface area contributed by atoms with Crippen LogP contribution in [0.5, 0.6) is 17.2 Å². The maximum atomic E-state index is 13.0. The third-order valence-corrected chi connectivity index (χ3v) is 6.65. The molecule has 0 aliphatic heterocycles. The van der Waals surface area contributed by atoms with Gasteiger partial charge >= 0.3 is 13.6 Å². The number of carboxylic acid groups (broad SMARTS) is 1. The first-order chi connectivity index (χ1) is 15.0. The van der Waals surface area contributed by atoms with E-state index >= 15 is 0 Å². The molecule has 11 nitrogen and oxygen atoms in total. The molecule has 0 radical (unpaired) electrons. The first kappa shape index (κ1) is 27.7. The summed E-state index contributed by atoms with van der Waals surface area (Å²) in [6, 6.07) is 2.79. The van der Waals surface area contributed by atoms with Crippen LogP contribution in [0.4, 0.5) is 0 Å². The third-order valence-electron chi connectivity index (χ3n) is 4.66. The van der Waals surface area contributed by atoms with E-state index in [4.69, 9.17) is 24.5 Å². The minimum Gasteiger partial charge on any atom is -0.493 e. The van der Waals surface area contributed by atoms with Crippen molar-refractivity contribution in [3.05, 3.63) is 17.7 Å². The summed E-state index contributed by atoms with van der Waals surface area (Å²) in [5.41, 5.74) is 5.50. The lowest BCUT2D eigenvalue weighted by atomic mass is 10.1. The molecular formula is C20H35N2O9P. The second kappa shape index (κ2) is 12.6. The Balaban J connectivity index is 0.0000102. The van der Waals surface area contributed by atoms with Gasteiger partial charge in [-0.3, -0.25) is 13.9 Å².